The first-order valence-electron chi connectivity index (χ1n) is 7.61. The lowest BCUT2D eigenvalue weighted by Gasteiger charge is -2.40. The van der Waals surface area contributed by atoms with Crippen molar-refractivity contribution in [2.24, 2.45) is 0 Å². The summed E-state index contributed by atoms with van der Waals surface area (Å²) in [5.41, 5.74) is -1.40. The number of benzene rings is 1. The Kier molecular flexibility index (Phi) is 4.75. The average Bonchev–Trinajstić information content (AvgIpc) is 2.51. The van der Waals surface area contributed by atoms with Gasteiger partial charge in [-0.05, 0) is 19.1 Å². The van der Waals surface area contributed by atoms with Gasteiger partial charge in [-0.2, -0.15) is 0 Å². The van der Waals surface area contributed by atoms with E-state index in [0.29, 0.717) is 6.07 Å². The van der Waals surface area contributed by atoms with Gasteiger partial charge in [0.2, 0.25) is 5.95 Å². The number of carbonyl (C=O) groups excluding carboxylic acids is 1. The van der Waals surface area contributed by atoms with Crippen LogP contribution in [0.4, 0.5) is 29.8 Å². The van der Waals surface area contributed by atoms with E-state index in [4.69, 9.17) is 0 Å². The molecule has 2 N–H and O–H groups in total. The van der Waals surface area contributed by atoms with Crippen LogP contribution in [0.25, 0.3) is 0 Å². The number of amides is 1. The van der Waals surface area contributed by atoms with Crippen molar-refractivity contribution in [3.63, 3.8) is 0 Å². The Hall–Kier alpha value is -2.70. The van der Waals surface area contributed by atoms with Crippen LogP contribution in [0.1, 0.15) is 29.0 Å². The molecule has 0 radical (unpaired) electrons. The molecule has 1 amide bonds. The molecule has 0 bridgehead atoms. The summed E-state index contributed by atoms with van der Waals surface area (Å²) in [6, 6.07) is -0.0518. The molecular weight excluding hydrogens is 414 g/mol. The largest absolute Gasteiger partial charge is 0.348 e. The molecule has 1 unspecified atom stereocenters. The van der Waals surface area contributed by atoms with Gasteiger partial charge in [0.05, 0.1) is 6.04 Å². The molecular formula is C15H16F6N4O2S. The Balaban J connectivity index is 2.30. The molecule has 0 aliphatic heterocycles. The summed E-state index contributed by atoms with van der Waals surface area (Å²) in [5, 5.41) is 2.25. The van der Waals surface area contributed by atoms with Crippen molar-refractivity contribution < 1.29 is 28.6 Å². The van der Waals surface area contributed by atoms with Crippen LogP contribution in [0.5, 0.6) is 0 Å². The first-order valence-corrected chi connectivity index (χ1v) is 9.56. The molecule has 6 nitrogen and oxygen atoms in total. The summed E-state index contributed by atoms with van der Waals surface area (Å²) < 4.78 is 77.8. The lowest BCUT2D eigenvalue weighted by atomic mass is 10.1. The number of nitrogens with one attached hydrogen (secondary N) is 2. The molecule has 2 aromatic rings. The van der Waals surface area contributed by atoms with E-state index in [9.17, 15) is 33.4 Å². The third-order valence-electron chi connectivity index (χ3n) is 3.62. The minimum absolute atomic E-state index is 0.0538. The molecule has 0 spiro atoms. The number of carbonyl (C=O) groups is 1. The molecule has 13 heteroatoms. The van der Waals surface area contributed by atoms with Gasteiger partial charge >= 0.3 is 10.2 Å². The standard InChI is InChI=1S/C15H16F6N4O2S/c1-8(10-5-4-9(6-11(10)16)28(17,18,19,20)21)22-14(27)12-7-13(26)24-15(23-12)25(2)3/h4-8H,1-3H3,(H,22,27)(H,23,24,26). The molecule has 0 fully saturated rings. The Morgan fingerprint density at radius 1 is 1.18 bits per heavy atom. The van der Waals surface area contributed by atoms with E-state index in [1.54, 1.807) is 14.1 Å². The van der Waals surface area contributed by atoms with Crippen molar-refractivity contribution >= 4 is 22.1 Å². The maximum atomic E-state index is 14.0. The quantitative estimate of drug-likeness (QED) is 0.700. The van der Waals surface area contributed by atoms with Gasteiger partial charge in [-0.15, -0.1) is 0 Å². The number of aromatic nitrogens is 2. The molecule has 0 aliphatic rings. The van der Waals surface area contributed by atoms with Crippen LogP contribution >= 0.6 is 10.2 Å². The highest BCUT2D eigenvalue weighted by Gasteiger charge is 2.65. The first kappa shape index (κ1) is 21.6. The van der Waals surface area contributed by atoms with Crippen LogP contribution in [-0.2, 0) is 0 Å². The smallest absolute Gasteiger partial charge is 0.310 e. The van der Waals surface area contributed by atoms with Gasteiger partial charge in [-0.1, -0.05) is 25.5 Å². The number of hydrogen-bond donors (Lipinski definition) is 2. The Morgan fingerprint density at radius 2 is 1.79 bits per heavy atom. The van der Waals surface area contributed by atoms with Gasteiger partial charge in [-0.25, -0.2) is 9.37 Å². The zero-order valence-corrected chi connectivity index (χ0v) is 15.6. The number of aromatic amines is 1. The molecule has 0 saturated heterocycles. The maximum absolute atomic E-state index is 14.0. The van der Waals surface area contributed by atoms with E-state index in [1.165, 1.54) is 11.8 Å². The van der Waals surface area contributed by atoms with Crippen molar-refractivity contribution in [1.82, 2.24) is 15.3 Å². The summed E-state index contributed by atoms with van der Waals surface area (Å²) in [7, 11) is -6.91. The summed E-state index contributed by atoms with van der Waals surface area (Å²) >= 11 is 0. The summed E-state index contributed by atoms with van der Waals surface area (Å²) in [6.45, 7) is 1.23. The van der Waals surface area contributed by atoms with Crippen LogP contribution in [0, 0.1) is 5.82 Å². The molecule has 0 saturated carbocycles. The van der Waals surface area contributed by atoms with Crippen LogP contribution in [-0.4, -0.2) is 30.0 Å². The lowest BCUT2D eigenvalue weighted by molar-refractivity contribution is 0.0934. The topological polar surface area (TPSA) is 78.1 Å². The molecule has 156 valence electrons. The van der Waals surface area contributed by atoms with E-state index < -0.39 is 44.0 Å². The van der Waals surface area contributed by atoms with Crippen molar-refractivity contribution in [2.75, 3.05) is 19.0 Å². The fourth-order valence-electron chi connectivity index (χ4n) is 2.22. The predicted octanol–water partition coefficient (Wildman–Crippen LogP) is 4.12. The van der Waals surface area contributed by atoms with E-state index in [0.717, 1.165) is 6.07 Å². The third kappa shape index (κ3) is 4.97. The maximum Gasteiger partial charge on any atom is 0.310 e. The lowest BCUT2D eigenvalue weighted by Crippen LogP contribution is -2.30. The van der Waals surface area contributed by atoms with E-state index in [-0.39, 0.29) is 23.8 Å². The number of halogens is 6. The minimum atomic E-state index is -10.0. The zero-order valence-electron chi connectivity index (χ0n) is 14.8. The highest BCUT2D eigenvalue weighted by atomic mass is 32.5. The second-order valence-corrected chi connectivity index (χ2v) is 8.61. The Labute approximate surface area is 155 Å². The summed E-state index contributed by atoms with van der Waals surface area (Å²) in [5.74, 6) is -2.40. The van der Waals surface area contributed by atoms with Crippen LogP contribution in [0.2, 0.25) is 0 Å². The molecule has 1 aromatic carbocycles. The molecule has 0 aliphatic carbocycles. The van der Waals surface area contributed by atoms with Gasteiger partial charge in [0, 0.05) is 25.7 Å². The van der Waals surface area contributed by atoms with Gasteiger partial charge in [0.25, 0.3) is 11.5 Å². The fraction of sp³-hybridized carbons (Fsp3) is 0.267. The van der Waals surface area contributed by atoms with Gasteiger partial charge in [-0.3, -0.25) is 14.6 Å². The fourth-order valence-corrected chi connectivity index (χ4v) is 2.87. The zero-order chi connectivity index (χ0) is 21.6. The number of H-pyrrole nitrogens is 1. The number of rotatable bonds is 5. The summed E-state index contributed by atoms with van der Waals surface area (Å²) in [4.78, 5) is 29.1. The van der Waals surface area contributed by atoms with Gasteiger partial charge < -0.3 is 10.2 Å². The van der Waals surface area contributed by atoms with Crippen LogP contribution < -0.4 is 15.8 Å². The van der Waals surface area contributed by atoms with Crippen molar-refractivity contribution in [1.29, 1.82) is 0 Å². The average molecular weight is 430 g/mol. The Morgan fingerprint density at radius 3 is 2.29 bits per heavy atom. The second kappa shape index (κ2) is 6.15. The Bertz CT molecular complexity index is 991. The third-order valence-corrected chi connectivity index (χ3v) is 4.76. The number of nitrogens with zero attached hydrogens (tertiary/aromatic N) is 2. The van der Waals surface area contributed by atoms with E-state index in [1.807, 2.05) is 0 Å². The van der Waals surface area contributed by atoms with Gasteiger partial charge in [0.15, 0.2) is 0 Å². The SMILES string of the molecule is CC(NC(=O)c1cc(=O)[nH]c(N(C)C)n1)c1ccc(S(F)(F)(F)(F)F)cc1F. The van der Waals surface area contributed by atoms with Gasteiger partial charge in [0.1, 0.15) is 16.4 Å². The first-order chi connectivity index (χ1) is 12.5. The molecule has 1 aromatic heterocycles. The highest BCUT2D eigenvalue weighted by molar-refractivity contribution is 8.45. The molecule has 28 heavy (non-hydrogen) atoms. The van der Waals surface area contributed by atoms with Crippen LogP contribution in [0.3, 0.4) is 0 Å². The number of anilines is 1. The van der Waals surface area contributed by atoms with Crippen LogP contribution in [0.15, 0.2) is 34.0 Å². The van der Waals surface area contributed by atoms with Crippen molar-refractivity contribution in [3.8, 4) is 0 Å². The number of hydrogen-bond acceptors (Lipinski definition) is 4. The minimum Gasteiger partial charge on any atom is -0.348 e. The molecule has 2 rings (SSSR count). The van der Waals surface area contributed by atoms with E-state index >= 15 is 0 Å². The molecule has 1 atom stereocenters. The summed E-state index contributed by atoms with van der Waals surface area (Å²) in [6.07, 6.45) is 0. The second-order valence-electron chi connectivity index (χ2n) is 6.20. The highest BCUT2D eigenvalue weighted by Crippen LogP contribution is 3.02. The van der Waals surface area contributed by atoms with Crippen molar-refractivity contribution in [2.45, 2.75) is 17.9 Å². The van der Waals surface area contributed by atoms with Crippen molar-refractivity contribution in [3.05, 3.63) is 51.7 Å². The normalized spacial score (nSPS) is 15.3. The predicted molar refractivity (Wildman–Crippen MR) is 92.9 cm³/mol. The molecule has 1 heterocycles. The monoisotopic (exact) mass is 430 g/mol. The van der Waals surface area contributed by atoms with E-state index in [2.05, 4.69) is 15.3 Å².